The maximum Gasteiger partial charge on any atom is 0.326 e. The van der Waals surface area contributed by atoms with E-state index in [1.807, 2.05) is 0 Å². The van der Waals surface area contributed by atoms with Gasteiger partial charge in [-0.25, -0.2) is 9.59 Å². The van der Waals surface area contributed by atoms with E-state index >= 15 is 0 Å². The van der Waals surface area contributed by atoms with Gasteiger partial charge in [0.15, 0.2) is 0 Å². The Morgan fingerprint density at radius 3 is 2.25 bits per heavy atom. The van der Waals surface area contributed by atoms with E-state index in [0.29, 0.717) is 6.54 Å². The predicted octanol–water partition coefficient (Wildman–Crippen LogP) is 2.46. The first kappa shape index (κ1) is 17.1. The number of nitrogens with one attached hydrogen (secondary N) is 2. The summed E-state index contributed by atoms with van der Waals surface area (Å²) >= 11 is 1.79. The van der Waals surface area contributed by atoms with E-state index in [1.165, 1.54) is 12.8 Å². The third-order valence-electron chi connectivity index (χ3n) is 3.91. The van der Waals surface area contributed by atoms with Crippen molar-refractivity contribution in [2.75, 3.05) is 12.8 Å². The largest absolute Gasteiger partial charge is 0.480 e. The molecule has 1 aliphatic rings. The van der Waals surface area contributed by atoms with Crippen molar-refractivity contribution < 1.29 is 14.7 Å². The highest BCUT2D eigenvalue weighted by molar-refractivity contribution is 8.00. The zero-order valence-corrected chi connectivity index (χ0v) is 13.6. The van der Waals surface area contributed by atoms with Gasteiger partial charge in [-0.15, -0.1) is 0 Å². The quantitative estimate of drug-likeness (QED) is 0.729. The molecule has 0 aromatic rings. The Bertz CT molecular complexity index is 360. The van der Waals surface area contributed by atoms with Gasteiger partial charge in [0.2, 0.25) is 0 Å². The highest BCUT2D eigenvalue weighted by atomic mass is 32.2. The average Bonchev–Trinajstić information content (AvgIpc) is 2.81. The molecule has 0 heterocycles. The van der Waals surface area contributed by atoms with Crippen LogP contribution < -0.4 is 10.6 Å². The highest BCUT2D eigenvalue weighted by Gasteiger charge is 2.35. The number of hydrogen-bond acceptors (Lipinski definition) is 3. The molecular weight excluding hydrogens is 276 g/mol. The zero-order chi connectivity index (χ0) is 15.4. The Kier molecular flexibility index (Phi) is 5.74. The second-order valence-corrected chi connectivity index (χ2v) is 7.83. The molecule has 0 aromatic carbocycles. The van der Waals surface area contributed by atoms with E-state index in [1.54, 1.807) is 32.5 Å². The van der Waals surface area contributed by atoms with Crippen molar-refractivity contribution in [2.24, 2.45) is 5.41 Å². The number of rotatable bonds is 5. The molecule has 0 aromatic heterocycles. The van der Waals surface area contributed by atoms with Crippen LogP contribution in [0, 0.1) is 5.41 Å². The van der Waals surface area contributed by atoms with Gasteiger partial charge in [-0.1, -0.05) is 33.6 Å². The normalized spacial score (nSPS) is 19.4. The lowest BCUT2D eigenvalue weighted by atomic mass is 9.87. The summed E-state index contributed by atoms with van der Waals surface area (Å²) in [5.74, 6) is -1.01. The van der Waals surface area contributed by atoms with Crippen molar-refractivity contribution in [1.82, 2.24) is 10.6 Å². The fourth-order valence-electron chi connectivity index (χ4n) is 2.54. The topological polar surface area (TPSA) is 78.4 Å². The van der Waals surface area contributed by atoms with Gasteiger partial charge in [0.05, 0.1) is 0 Å². The molecule has 1 fully saturated rings. The lowest BCUT2D eigenvalue weighted by Gasteiger charge is -2.30. The Morgan fingerprint density at radius 2 is 1.85 bits per heavy atom. The van der Waals surface area contributed by atoms with Crippen molar-refractivity contribution in [3.05, 3.63) is 0 Å². The van der Waals surface area contributed by atoms with E-state index in [2.05, 4.69) is 16.9 Å². The molecule has 1 aliphatic carbocycles. The minimum absolute atomic E-state index is 0.123. The zero-order valence-electron chi connectivity index (χ0n) is 12.8. The molecule has 0 bridgehead atoms. The number of carboxylic acid groups (broad SMARTS) is 1. The molecule has 1 rings (SSSR count). The summed E-state index contributed by atoms with van der Waals surface area (Å²) in [4.78, 5) is 23.1. The van der Waals surface area contributed by atoms with Crippen molar-refractivity contribution in [3.8, 4) is 0 Å². The first-order chi connectivity index (χ1) is 9.20. The molecule has 0 saturated heterocycles. The molecule has 0 radical (unpaired) electrons. The summed E-state index contributed by atoms with van der Waals surface area (Å²) in [6.45, 7) is 5.99. The van der Waals surface area contributed by atoms with Gasteiger partial charge in [0, 0.05) is 11.3 Å². The highest BCUT2D eigenvalue weighted by Crippen LogP contribution is 2.39. The number of carboxylic acids is 1. The molecular formula is C14H26N2O3S. The molecule has 20 heavy (non-hydrogen) atoms. The number of urea groups is 1. The van der Waals surface area contributed by atoms with Gasteiger partial charge in [-0.3, -0.25) is 0 Å². The van der Waals surface area contributed by atoms with Crippen LogP contribution in [0.1, 0.15) is 46.5 Å². The van der Waals surface area contributed by atoms with Crippen LogP contribution in [-0.4, -0.2) is 40.7 Å². The minimum Gasteiger partial charge on any atom is -0.480 e. The summed E-state index contributed by atoms with van der Waals surface area (Å²) in [5.41, 5.74) is -0.520. The molecule has 116 valence electrons. The fraction of sp³-hybridized carbons (Fsp3) is 0.857. The van der Waals surface area contributed by atoms with Gasteiger partial charge in [-0.2, -0.15) is 11.8 Å². The summed E-state index contributed by atoms with van der Waals surface area (Å²) in [5, 5.41) is 14.6. The van der Waals surface area contributed by atoms with E-state index in [0.717, 1.165) is 12.8 Å². The Balaban J connectivity index is 2.52. The molecule has 1 saturated carbocycles. The van der Waals surface area contributed by atoms with Gasteiger partial charge >= 0.3 is 12.0 Å². The minimum atomic E-state index is -1.01. The van der Waals surface area contributed by atoms with E-state index in [9.17, 15) is 14.7 Å². The van der Waals surface area contributed by atoms with Gasteiger partial charge < -0.3 is 15.7 Å². The first-order valence-electron chi connectivity index (χ1n) is 7.02. The molecule has 0 spiro atoms. The number of carbonyl (C=O) groups excluding carboxylic acids is 1. The van der Waals surface area contributed by atoms with E-state index < -0.39 is 23.5 Å². The Morgan fingerprint density at radius 1 is 1.30 bits per heavy atom. The maximum atomic E-state index is 11.9. The van der Waals surface area contributed by atoms with Crippen LogP contribution in [0.3, 0.4) is 0 Å². The smallest absolute Gasteiger partial charge is 0.326 e. The van der Waals surface area contributed by atoms with Crippen molar-refractivity contribution >= 4 is 23.8 Å². The molecule has 6 heteroatoms. The second kappa shape index (κ2) is 6.70. The van der Waals surface area contributed by atoms with Crippen LogP contribution in [0.25, 0.3) is 0 Å². The third-order valence-corrected chi connectivity index (χ3v) is 5.33. The van der Waals surface area contributed by atoms with Crippen molar-refractivity contribution in [3.63, 3.8) is 0 Å². The van der Waals surface area contributed by atoms with Gasteiger partial charge in [-0.05, 0) is 24.5 Å². The predicted molar refractivity (Wildman–Crippen MR) is 82.1 cm³/mol. The van der Waals surface area contributed by atoms with E-state index in [-0.39, 0.29) is 4.75 Å². The Labute approximate surface area is 125 Å². The molecule has 5 nitrogen and oxygen atoms in total. The number of carbonyl (C=O) groups is 2. The van der Waals surface area contributed by atoms with Crippen LogP contribution in [0.4, 0.5) is 4.79 Å². The van der Waals surface area contributed by atoms with Gasteiger partial charge in [0.25, 0.3) is 0 Å². The monoisotopic (exact) mass is 302 g/mol. The number of amides is 2. The standard InChI is InChI=1S/C14H26N2O3S/c1-13(2,3)10(11(17)18)16-12(19)15-9-14(20-4)7-5-6-8-14/h10H,5-9H2,1-4H3,(H,17,18)(H2,15,16,19)/t10-/m0/s1. The summed E-state index contributed by atoms with van der Waals surface area (Å²) in [7, 11) is 0. The number of hydrogen-bond donors (Lipinski definition) is 3. The third kappa shape index (κ3) is 4.58. The molecule has 1 atom stereocenters. The fourth-order valence-corrected chi connectivity index (χ4v) is 3.46. The van der Waals surface area contributed by atoms with Gasteiger partial charge in [0.1, 0.15) is 6.04 Å². The number of thioether (sulfide) groups is 1. The summed E-state index contributed by atoms with van der Waals surface area (Å²) in [6, 6.07) is -1.29. The molecule has 0 aliphatic heterocycles. The van der Waals surface area contributed by atoms with Crippen molar-refractivity contribution in [1.29, 1.82) is 0 Å². The van der Waals surface area contributed by atoms with Crippen LogP contribution >= 0.6 is 11.8 Å². The van der Waals surface area contributed by atoms with Crippen LogP contribution in [-0.2, 0) is 4.79 Å². The van der Waals surface area contributed by atoms with E-state index in [4.69, 9.17) is 0 Å². The van der Waals surface area contributed by atoms with Crippen molar-refractivity contribution in [2.45, 2.75) is 57.2 Å². The lowest BCUT2D eigenvalue weighted by molar-refractivity contribution is -0.141. The average molecular weight is 302 g/mol. The van der Waals surface area contributed by atoms with Crippen LogP contribution in [0.5, 0.6) is 0 Å². The number of aliphatic carboxylic acids is 1. The lowest BCUT2D eigenvalue weighted by Crippen LogP contribution is -2.53. The summed E-state index contributed by atoms with van der Waals surface area (Å²) in [6.07, 6.45) is 6.68. The molecule has 2 amide bonds. The van der Waals surface area contributed by atoms with Crippen LogP contribution in [0.15, 0.2) is 0 Å². The Hall–Kier alpha value is -0.910. The maximum absolute atomic E-state index is 11.9. The SMILES string of the molecule is CSC1(CNC(=O)N[C@@H](C(=O)O)C(C)(C)C)CCCC1. The molecule has 0 unspecified atom stereocenters. The van der Waals surface area contributed by atoms with Crippen LogP contribution in [0.2, 0.25) is 0 Å². The first-order valence-corrected chi connectivity index (χ1v) is 8.25. The molecule has 3 N–H and O–H groups in total. The second-order valence-electron chi connectivity index (χ2n) is 6.56. The summed E-state index contributed by atoms with van der Waals surface area (Å²) < 4.78 is 0.123.